The van der Waals surface area contributed by atoms with Gasteiger partial charge in [-0.05, 0) is 23.8 Å². The number of hydrogen-bond acceptors (Lipinski definition) is 5. The Morgan fingerprint density at radius 1 is 1.24 bits per heavy atom. The smallest absolute Gasteiger partial charge is 0.384 e. The molecule has 108 valence electrons. The highest BCUT2D eigenvalue weighted by molar-refractivity contribution is 5.52. The van der Waals surface area contributed by atoms with Gasteiger partial charge in [0.05, 0.1) is 5.56 Å². The fourth-order valence-corrected chi connectivity index (χ4v) is 1.57. The first kappa shape index (κ1) is 14.6. The van der Waals surface area contributed by atoms with Crippen molar-refractivity contribution in [2.75, 3.05) is 11.1 Å². The molecule has 2 aromatic rings. The number of nitrogens with two attached hydrogens (primary N) is 1. The molecule has 0 aromatic carbocycles. The van der Waals surface area contributed by atoms with E-state index in [4.69, 9.17) is 11.0 Å². The fourth-order valence-electron chi connectivity index (χ4n) is 1.57. The molecule has 0 aliphatic rings. The molecule has 0 aliphatic heterocycles. The molecule has 2 heterocycles. The number of anilines is 2. The molecule has 0 spiro atoms. The van der Waals surface area contributed by atoms with E-state index >= 15 is 0 Å². The Morgan fingerprint density at radius 3 is 2.57 bits per heavy atom. The number of pyridine rings is 2. The third-order valence-electron chi connectivity index (χ3n) is 2.61. The van der Waals surface area contributed by atoms with Gasteiger partial charge < -0.3 is 11.1 Å². The lowest BCUT2D eigenvalue weighted by Gasteiger charge is -2.11. The lowest BCUT2D eigenvalue weighted by molar-refractivity contribution is -0.141. The monoisotopic (exact) mass is 293 g/mol. The summed E-state index contributed by atoms with van der Waals surface area (Å²) >= 11 is 0. The fraction of sp³-hybridized carbons (Fsp3) is 0.154. The van der Waals surface area contributed by atoms with Gasteiger partial charge in [0.1, 0.15) is 23.4 Å². The zero-order chi connectivity index (χ0) is 15.5. The molecule has 0 saturated carbocycles. The lowest BCUT2D eigenvalue weighted by atomic mass is 10.2. The summed E-state index contributed by atoms with van der Waals surface area (Å²) in [6.07, 6.45) is -3.07. The van der Waals surface area contributed by atoms with E-state index in [0.29, 0.717) is 11.4 Å². The van der Waals surface area contributed by atoms with Gasteiger partial charge in [0.25, 0.3) is 0 Å². The van der Waals surface area contributed by atoms with E-state index < -0.39 is 11.9 Å². The maximum atomic E-state index is 12.6. The summed E-state index contributed by atoms with van der Waals surface area (Å²) in [7, 11) is 0. The molecule has 0 amide bonds. The molecule has 0 aliphatic carbocycles. The Kier molecular flexibility index (Phi) is 3.93. The van der Waals surface area contributed by atoms with Crippen LogP contribution in [0.3, 0.4) is 0 Å². The van der Waals surface area contributed by atoms with Crippen molar-refractivity contribution in [3.05, 3.63) is 47.3 Å². The van der Waals surface area contributed by atoms with Gasteiger partial charge in [-0.15, -0.1) is 0 Å². The zero-order valence-electron chi connectivity index (χ0n) is 10.6. The van der Waals surface area contributed by atoms with Crippen LogP contribution in [0.15, 0.2) is 30.5 Å². The molecule has 8 heteroatoms. The van der Waals surface area contributed by atoms with Crippen molar-refractivity contribution in [2.24, 2.45) is 0 Å². The van der Waals surface area contributed by atoms with Crippen LogP contribution in [-0.2, 0) is 12.7 Å². The zero-order valence-corrected chi connectivity index (χ0v) is 10.6. The first-order chi connectivity index (χ1) is 9.90. The summed E-state index contributed by atoms with van der Waals surface area (Å²) in [6, 6.07) is 6.89. The van der Waals surface area contributed by atoms with Crippen molar-refractivity contribution >= 4 is 11.6 Å². The van der Waals surface area contributed by atoms with Gasteiger partial charge in [-0.2, -0.15) is 18.4 Å². The molecule has 0 bridgehead atoms. The molecule has 0 unspecified atom stereocenters. The van der Waals surface area contributed by atoms with Crippen molar-refractivity contribution in [3.8, 4) is 6.07 Å². The number of hydrogen-bond donors (Lipinski definition) is 2. The summed E-state index contributed by atoms with van der Waals surface area (Å²) in [6.45, 7) is 0.177. The van der Waals surface area contributed by atoms with Crippen LogP contribution in [0.25, 0.3) is 0 Å². The third kappa shape index (κ3) is 3.60. The minimum Gasteiger partial charge on any atom is -0.384 e. The summed E-state index contributed by atoms with van der Waals surface area (Å²) in [5, 5.41) is 11.6. The van der Waals surface area contributed by atoms with Crippen LogP contribution in [0.2, 0.25) is 0 Å². The Hall–Kier alpha value is -2.82. The Bertz CT molecular complexity index is 674. The molecule has 2 rings (SSSR count). The standard InChI is InChI=1S/C13H10F3N5/c14-13(15,16)10-3-2-9(5-17)12(21-10)20-7-8-1-4-11(18)19-6-8/h1-4,6H,7H2,(H2,18,19)(H,20,21). The van der Waals surface area contributed by atoms with Gasteiger partial charge in [-0.25, -0.2) is 9.97 Å². The summed E-state index contributed by atoms with van der Waals surface area (Å²) in [5.74, 6) is 0.220. The maximum Gasteiger partial charge on any atom is 0.433 e. The third-order valence-corrected chi connectivity index (χ3v) is 2.61. The van der Waals surface area contributed by atoms with Crippen molar-refractivity contribution in [2.45, 2.75) is 12.7 Å². The predicted molar refractivity (Wildman–Crippen MR) is 69.9 cm³/mol. The summed E-state index contributed by atoms with van der Waals surface area (Å²) in [5.41, 5.74) is 5.11. The number of rotatable bonds is 3. The van der Waals surface area contributed by atoms with Crippen LogP contribution >= 0.6 is 0 Å². The average molecular weight is 293 g/mol. The van der Waals surface area contributed by atoms with Crippen LogP contribution in [0.4, 0.5) is 24.8 Å². The minimum absolute atomic E-state index is 0.0337. The second kappa shape index (κ2) is 5.66. The largest absolute Gasteiger partial charge is 0.433 e. The van der Waals surface area contributed by atoms with Crippen molar-refractivity contribution in [1.29, 1.82) is 5.26 Å². The van der Waals surface area contributed by atoms with Gasteiger partial charge in [0.2, 0.25) is 0 Å². The molecule has 0 fully saturated rings. The van der Waals surface area contributed by atoms with E-state index in [0.717, 1.165) is 12.1 Å². The highest BCUT2D eigenvalue weighted by Crippen LogP contribution is 2.29. The molecular weight excluding hydrogens is 283 g/mol. The SMILES string of the molecule is N#Cc1ccc(C(F)(F)F)nc1NCc1ccc(N)nc1. The number of nitrogens with zero attached hydrogens (tertiary/aromatic N) is 3. The van der Waals surface area contributed by atoms with Gasteiger partial charge in [0, 0.05) is 12.7 Å². The van der Waals surface area contributed by atoms with Crippen molar-refractivity contribution < 1.29 is 13.2 Å². The molecule has 21 heavy (non-hydrogen) atoms. The van der Waals surface area contributed by atoms with Gasteiger partial charge in [-0.3, -0.25) is 0 Å². The number of halogens is 3. The molecule has 0 radical (unpaired) electrons. The normalized spacial score (nSPS) is 11.0. The number of alkyl halides is 3. The second-order valence-corrected chi connectivity index (χ2v) is 4.15. The highest BCUT2D eigenvalue weighted by atomic mass is 19.4. The Balaban J connectivity index is 2.22. The van der Waals surface area contributed by atoms with Gasteiger partial charge in [-0.1, -0.05) is 6.07 Å². The van der Waals surface area contributed by atoms with Crippen LogP contribution < -0.4 is 11.1 Å². The summed E-state index contributed by atoms with van der Waals surface area (Å²) in [4.78, 5) is 7.31. The number of nitrogen functional groups attached to an aromatic ring is 1. The topological polar surface area (TPSA) is 87.6 Å². The average Bonchev–Trinajstić information content (AvgIpc) is 2.45. The van der Waals surface area contributed by atoms with Crippen LogP contribution in [0.1, 0.15) is 16.8 Å². The van der Waals surface area contributed by atoms with Gasteiger partial charge >= 0.3 is 6.18 Å². The van der Waals surface area contributed by atoms with Crippen LogP contribution in [0, 0.1) is 11.3 Å². The summed E-state index contributed by atoms with van der Waals surface area (Å²) < 4.78 is 37.8. The highest BCUT2D eigenvalue weighted by Gasteiger charge is 2.33. The van der Waals surface area contributed by atoms with Crippen molar-refractivity contribution in [3.63, 3.8) is 0 Å². The van der Waals surface area contributed by atoms with Crippen LogP contribution in [0.5, 0.6) is 0 Å². The minimum atomic E-state index is -4.56. The quantitative estimate of drug-likeness (QED) is 0.908. The first-order valence-corrected chi connectivity index (χ1v) is 5.83. The van der Waals surface area contributed by atoms with Crippen LogP contribution in [-0.4, -0.2) is 9.97 Å². The number of nitriles is 1. The van der Waals surface area contributed by atoms with E-state index in [9.17, 15) is 13.2 Å². The number of aromatic nitrogens is 2. The Morgan fingerprint density at radius 2 is 2.00 bits per heavy atom. The second-order valence-electron chi connectivity index (χ2n) is 4.15. The van der Waals surface area contributed by atoms with E-state index in [1.165, 1.54) is 6.20 Å². The van der Waals surface area contributed by atoms with E-state index in [2.05, 4.69) is 15.3 Å². The molecule has 5 nitrogen and oxygen atoms in total. The lowest BCUT2D eigenvalue weighted by Crippen LogP contribution is -2.11. The van der Waals surface area contributed by atoms with E-state index in [1.807, 2.05) is 0 Å². The van der Waals surface area contributed by atoms with E-state index in [1.54, 1.807) is 18.2 Å². The molecule has 0 saturated heterocycles. The Labute approximate surface area is 118 Å². The molecule has 0 atom stereocenters. The van der Waals surface area contributed by atoms with Crippen molar-refractivity contribution in [1.82, 2.24) is 9.97 Å². The first-order valence-electron chi connectivity index (χ1n) is 5.83. The van der Waals surface area contributed by atoms with Gasteiger partial charge in [0.15, 0.2) is 0 Å². The molecule has 3 N–H and O–H groups in total. The van der Waals surface area contributed by atoms with E-state index in [-0.39, 0.29) is 17.9 Å². The number of nitrogens with one attached hydrogen (secondary N) is 1. The predicted octanol–water partition coefficient (Wildman–Crippen LogP) is 2.56. The molecule has 2 aromatic heterocycles. The maximum absolute atomic E-state index is 12.6. The molecular formula is C13H10F3N5.